The second kappa shape index (κ2) is 3.20. The summed E-state index contributed by atoms with van der Waals surface area (Å²) in [4.78, 5) is 10.2. The molecule has 2 N–H and O–H groups in total. The van der Waals surface area contributed by atoms with Crippen LogP contribution in [-0.2, 0) is 7.86 Å². The number of carbonyl (C=O) groups excluding carboxylic acids is 1. The summed E-state index contributed by atoms with van der Waals surface area (Å²) in [5.74, 6) is -0.388. The van der Waals surface area contributed by atoms with Gasteiger partial charge in [0.25, 0.3) is 0 Å². The Morgan fingerprint density at radius 3 is 2.43 bits per heavy atom. The highest BCUT2D eigenvalue weighted by Crippen LogP contribution is 1.88. The fraction of sp³-hybridized carbons (Fsp3) is 0.667. The molecule has 0 rings (SSSR count). The van der Waals surface area contributed by atoms with E-state index in [4.69, 9.17) is 5.73 Å². The van der Waals surface area contributed by atoms with Crippen molar-refractivity contribution in [1.29, 1.82) is 0 Å². The Bertz CT molecular complexity index is 73.3. The van der Waals surface area contributed by atoms with E-state index in [1.54, 1.807) is 6.92 Å². The molecule has 3 nitrogen and oxygen atoms in total. The van der Waals surface area contributed by atoms with Gasteiger partial charge in [0, 0.05) is 0 Å². The van der Waals surface area contributed by atoms with E-state index in [1.807, 2.05) is 0 Å². The molecule has 0 fully saturated rings. The molecule has 0 spiro atoms. The highest BCUT2D eigenvalue weighted by Gasteiger charge is 2.04. The summed E-state index contributed by atoms with van der Waals surface area (Å²) < 4.78 is 4.22. The molecule has 0 aromatic rings. The van der Waals surface area contributed by atoms with Gasteiger partial charge in [-0.2, -0.15) is 0 Å². The number of hydrogen-bond donors (Lipinski definition) is 1. The van der Waals surface area contributed by atoms with Gasteiger partial charge in [-0.15, -0.1) is 0 Å². The normalized spacial score (nSPS) is 13.0. The van der Waals surface area contributed by atoms with E-state index in [-0.39, 0.29) is 5.97 Å². The largest absolute Gasteiger partial charge is 0.393 e. The van der Waals surface area contributed by atoms with E-state index in [0.717, 1.165) is 0 Å². The summed E-state index contributed by atoms with van der Waals surface area (Å²) in [7, 11) is 0. The van der Waals surface area contributed by atoms with Crippen LogP contribution < -0.4 is 5.73 Å². The van der Waals surface area contributed by atoms with Crippen molar-refractivity contribution >= 4 is 29.0 Å². The van der Waals surface area contributed by atoms with E-state index in [1.165, 1.54) is 23.0 Å². The SMILES string of the molecule is C[C@H](N)C(=O)OI. The first-order valence-corrected chi connectivity index (χ1v) is 2.64. The van der Waals surface area contributed by atoms with Crippen LogP contribution in [0.25, 0.3) is 0 Å². The molecule has 42 valence electrons. The van der Waals surface area contributed by atoms with Crippen molar-refractivity contribution in [2.45, 2.75) is 13.0 Å². The van der Waals surface area contributed by atoms with Gasteiger partial charge in [0.15, 0.2) is 23.0 Å². The standard InChI is InChI=1S/C3H6INO2/c1-2(5)3(6)7-4/h2H,5H2,1H3/t2-/m0/s1. The van der Waals surface area contributed by atoms with Crippen molar-refractivity contribution in [3.63, 3.8) is 0 Å². The Kier molecular flexibility index (Phi) is 3.27. The topological polar surface area (TPSA) is 52.3 Å². The quantitative estimate of drug-likeness (QED) is 0.636. The van der Waals surface area contributed by atoms with Gasteiger partial charge in [-0.05, 0) is 6.92 Å². The maximum absolute atomic E-state index is 10.2. The number of halogens is 1. The lowest BCUT2D eigenvalue weighted by molar-refractivity contribution is -0.132. The fourth-order valence-electron chi connectivity index (χ4n) is 0.0703. The molecule has 4 heteroatoms. The molecule has 0 aliphatic heterocycles. The molecule has 0 heterocycles. The monoisotopic (exact) mass is 215 g/mol. The van der Waals surface area contributed by atoms with Gasteiger partial charge in [-0.1, -0.05) is 0 Å². The summed E-state index contributed by atoms with van der Waals surface area (Å²) in [5, 5.41) is 0. The zero-order chi connectivity index (χ0) is 5.86. The molecule has 0 aromatic heterocycles. The van der Waals surface area contributed by atoms with Gasteiger partial charge < -0.3 is 8.80 Å². The van der Waals surface area contributed by atoms with Gasteiger partial charge >= 0.3 is 5.97 Å². The van der Waals surface area contributed by atoms with Crippen LogP contribution in [0.5, 0.6) is 0 Å². The van der Waals surface area contributed by atoms with Crippen molar-refractivity contribution in [1.82, 2.24) is 0 Å². The maximum atomic E-state index is 10.2. The molecule has 1 atom stereocenters. The fourth-order valence-corrected chi connectivity index (χ4v) is 0.471. The Balaban J connectivity index is 3.35. The Labute approximate surface area is 55.9 Å². The first kappa shape index (κ1) is 7.16. The summed E-state index contributed by atoms with van der Waals surface area (Å²) >= 11 is 1.50. The summed E-state index contributed by atoms with van der Waals surface area (Å²) in [6, 6.07) is -0.503. The van der Waals surface area contributed by atoms with Crippen LogP contribution in [0.1, 0.15) is 6.92 Å². The molecule has 0 amide bonds. The van der Waals surface area contributed by atoms with Crippen molar-refractivity contribution in [3.8, 4) is 0 Å². The molecule has 0 saturated heterocycles. The van der Waals surface area contributed by atoms with Crippen molar-refractivity contribution in [3.05, 3.63) is 0 Å². The average molecular weight is 215 g/mol. The van der Waals surface area contributed by atoms with Crippen LogP contribution >= 0.6 is 23.0 Å². The van der Waals surface area contributed by atoms with Crippen LogP contribution in [0.15, 0.2) is 0 Å². The summed E-state index contributed by atoms with van der Waals surface area (Å²) in [6.45, 7) is 1.57. The highest BCUT2D eigenvalue weighted by atomic mass is 127. The van der Waals surface area contributed by atoms with Crippen LogP contribution in [0.2, 0.25) is 0 Å². The third-order valence-corrected chi connectivity index (χ3v) is 0.882. The third kappa shape index (κ3) is 2.81. The predicted molar refractivity (Wildman–Crippen MR) is 33.8 cm³/mol. The molecule has 0 aliphatic rings. The van der Waals surface area contributed by atoms with Crippen LogP contribution in [0.3, 0.4) is 0 Å². The second-order valence-corrected chi connectivity index (χ2v) is 1.63. The molecule has 0 bridgehead atoms. The minimum atomic E-state index is -0.503. The van der Waals surface area contributed by atoms with Gasteiger partial charge in [0.05, 0.1) is 0 Å². The van der Waals surface area contributed by atoms with Crippen LogP contribution in [0, 0.1) is 0 Å². The molecular formula is C3H6INO2. The first-order valence-electron chi connectivity index (χ1n) is 1.76. The minimum Gasteiger partial charge on any atom is -0.393 e. The zero-order valence-corrected chi connectivity index (χ0v) is 6.01. The molecule has 0 aliphatic carbocycles. The molecule has 7 heavy (non-hydrogen) atoms. The lowest BCUT2D eigenvalue weighted by atomic mass is 10.4. The summed E-state index contributed by atoms with van der Waals surface area (Å²) in [6.07, 6.45) is 0. The van der Waals surface area contributed by atoms with E-state index in [0.29, 0.717) is 0 Å². The zero-order valence-electron chi connectivity index (χ0n) is 3.85. The van der Waals surface area contributed by atoms with Crippen molar-refractivity contribution in [2.24, 2.45) is 5.73 Å². The van der Waals surface area contributed by atoms with E-state index >= 15 is 0 Å². The molecule has 0 unspecified atom stereocenters. The maximum Gasteiger partial charge on any atom is 0.332 e. The summed E-state index contributed by atoms with van der Waals surface area (Å²) in [5.41, 5.74) is 5.07. The Hall–Kier alpha value is 0.160. The number of rotatable bonds is 1. The number of nitrogens with two attached hydrogens (primary N) is 1. The molecule has 0 aromatic carbocycles. The van der Waals surface area contributed by atoms with Gasteiger partial charge in [-0.3, -0.25) is 0 Å². The van der Waals surface area contributed by atoms with E-state index < -0.39 is 6.04 Å². The van der Waals surface area contributed by atoms with E-state index in [9.17, 15) is 4.79 Å². The lowest BCUT2D eigenvalue weighted by Gasteiger charge is -1.95. The molecular weight excluding hydrogens is 209 g/mol. The minimum absolute atomic E-state index is 0.388. The smallest absolute Gasteiger partial charge is 0.332 e. The lowest BCUT2D eigenvalue weighted by Crippen LogP contribution is -2.26. The number of hydrogen-bond acceptors (Lipinski definition) is 3. The first-order chi connectivity index (χ1) is 3.18. The van der Waals surface area contributed by atoms with Gasteiger partial charge in [0.2, 0.25) is 0 Å². The third-order valence-electron chi connectivity index (χ3n) is 0.448. The van der Waals surface area contributed by atoms with Gasteiger partial charge in [-0.25, -0.2) is 4.79 Å². The van der Waals surface area contributed by atoms with Gasteiger partial charge in [0.1, 0.15) is 6.04 Å². The highest BCUT2D eigenvalue weighted by molar-refractivity contribution is 14.1. The predicted octanol–water partition coefficient (Wildman–Crippen LogP) is 0.227. The second-order valence-electron chi connectivity index (χ2n) is 1.18. The molecule has 0 radical (unpaired) electrons. The Morgan fingerprint density at radius 2 is 2.43 bits per heavy atom. The van der Waals surface area contributed by atoms with Crippen molar-refractivity contribution in [2.75, 3.05) is 0 Å². The Morgan fingerprint density at radius 1 is 2.00 bits per heavy atom. The average Bonchev–Trinajstić information content (AvgIpc) is 1.65. The molecule has 0 saturated carbocycles. The van der Waals surface area contributed by atoms with Crippen molar-refractivity contribution < 1.29 is 7.86 Å². The van der Waals surface area contributed by atoms with Crippen LogP contribution in [0.4, 0.5) is 0 Å². The van der Waals surface area contributed by atoms with Crippen LogP contribution in [-0.4, -0.2) is 12.0 Å². The number of carbonyl (C=O) groups is 1. The van der Waals surface area contributed by atoms with E-state index in [2.05, 4.69) is 3.07 Å².